The number of ether oxygens (including phenoxy) is 1. The van der Waals surface area contributed by atoms with Gasteiger partial charge in [0.1, 0.15) is 0 Å². The van der Waals surface area contributed by atoms with E-state index in [2.05, 4.69) is 18.2 Å². The molecule has 1 saturated heterocycles. The average Bonchev–Trinajstić information content (AvgIpc) is 2.86. The monoisotopic (exact) mass is 228 g/mol. The van der Waals surface area contributed by atoms with Crippen LogP contribution in [0.4, 0.5) is 0 Å². The molecule has 3 atom stereocenters. The Balaban J connectivity index is 1.74. The summed E-state index contributed by atoms with van der Waals surface area (Å²) in [6.45, 7) is 1.85. The molecule has 0 bridgehead atoms. The number of rotatable bonds is 0. The standard InChI is InChI=1S/C16H20O/c1-2-4-13-11(3-1)5-7-15-14(13)8-6-12-9-17-10-16(12)15/h4,6,8,11,15-16H,1-3,5,7,9-10H2. The van der Waals surface area contributed by atoms with E-state index in [1.165, 1.54) is 32.1 Å². The highest BCUT2D eigenvalue weighted by atomic mass is 16.5. The molecule has 90 valence electrons. The molecule has 1 heteroatoms. The molecule has 0 radical (unpaired) electrons. The molecular weight excluding hydrogens is 208 g/mol. The van der Waals surface area contributed by atoms with Crippen LogP contribution in [-0.2, 0) is 4.74 Å². The van der Waals surface area contributed by atoms with Crippen molar-refractivity contribution in [1.82, 2.24) is 0 Å². The Bertz CT molecular complexity index is 427. The van der Waals surface area contributed by atoms with E-state index in [0.717, 1.165) is 25.0 Å². The van der Waals surface area contributed by atoms with Crippen LogP contribution in [0.3, 0.4) is 0 Å². The van der Waals surface area contributed by atoms with E-state index in [1.54, 1.807) is 16.7 Å². The van der Waals surface area contributed by atoms with Gasteiger partial charge >= 0.3 is 0 Å². The fourth-order valence-electron chi connectivity index (χ4n) is 4.25. The Morgan fingerprint density at radius 3 is 3.00 bits per heavy atom. The van der Waals surface area contributed by atoms with Crippen LogP contribution in [0.25, 0.3) is 0 Å². The minimum Gasteiger partial charge on any atom is -0.376 e. The van der Waals surface area contributed by atoms with Gasteiger partial charge in [0.15, 0.2) is 0 Å². The number of hydrogen-bond acceptors (Lipinski definition) is 1. The van der Waals surface area contributed by atoms with E-state index >= 15 is 0 Å². The van der Waals surface area contributed by atoms with Crippen molar-refractivity contribution in [3.05, 3.63) is 34.9 Å². The van der Waals surface area contributed by atoms with Crippen LogP contribution in [0.15, 0.2) is 34.9 Å². The molecule has 3 aliphatic carbocycles. The van der Waals surface area contributed by atoms with Crippen molar-refractivity contribution in [2.75, 3.05) is 13.2 Å². The Labute approximate surface area is 103 Å². The van der Waals surface area contributed by atoms with Gasteiger partial charge in [-0.15, -0.1) is 0 Å². The SMILES string of the molecule is C1=C2C3=CC=C4COCC4C3CCC2CCC1. The first-order valence-corrected chi connectivity index (χ1v) is 7.12. The lowest BCUT2D eigenvalue weighted by Gasteiger charge is -2.40. The molecule has 4 rings (SSSR count). The lowest BCUT2D eigenvalue weighted by Crippen LogP contribution is -2.30. The summed E-state index contributed by atoms with van der Waals surface area (Å²) in [7, 11) is 0. The average molecular weight is 228 g/mol. The number of allylic oxidation sites excluding steroid dienone is 5. The van der Waals surface area contributed by atoms with Gasteiger partial charge in [-0.2, -0.15) is 0 Å². The van der Waals surface area contributed by atoms with Crippen molar-refractivity contribution < 1.29 is 4.74 Å². The Morgan fingerprint density at radius 1 is 1.00 bits per heavy atom. The first-order chi connectivity index (χ1) is 8.43. The Hall–Kier alpha value is -0.820. The maximum Gasteiger partial charge on any atom is 0.0683 e. The third-order valence-electron chi connectivity index (χ3n) is 5.12. The Kier molecular flexibility index (Phi) is 2.29. The van der Waals surface area contributed by atoms with Crippen molar-refractivity contribution >= 4 is 0 Å². The van der Waals surface area contributed by atoms with Crippen LogP contribution in [0.1, 0.15) is 32.1 Å². The van der Waals surface area contributed by atoms with E-state index in [4.69, 9.17) is 4.74 Å². The van der Waals surface area contributed by atoms with Crippen LogP contribution in [0.2, 0.25) is 0 Å². The van der Waals surface area contributed by atoms with Crippen LogP contribution < -0.4 is 0 Å². The minimum atomic E-state index is 0.707. The van der Waals surface area contributed by atoms with Crippen molar-refractivity contribution in [3.8, 4) is 0 Å². The van der Waals surface area contributed by atoms with Crippen molar-refractivity contribution in [1.29, 1.82) is 0 Å². The molecule has 17 heavy (non-hydrogen) atoms. The third kappa shape index (κ3) is 1.48. The third-order valence-corrected chi connectivity index (χ3v) is 5.12. The fourth-order valence-corrected chi connectivity index (χ4v) is 4.25. The molecule has 0 aromatic rings. The first kappa shape index (κ1) is 10.1. The van der Waals surface area contributed by atoms with Gasteiger partial charge in [-0.3, -0.25) is 0 Å². The molecule has 1 heterocycles. The molecule has 1 nitrogen and oxygen atoms in total. The highest BCUT2D eigenvalue weighted by Gasteiger charge is 2.39. The molecule has 1 saturated carbocycles. The fraction of sp³-hybridized carbons (Fsp3) is 0.625. The predicted molar refractivity (Wildman–Crippen MR) is 68.6 cm³/mol. The Morgan fingerprint density at radius 2 is 2.00 bits per heavy atom. The van der Waals surface area contributed by atoms with E-state index in [-0.39, 0.29) is 0 Å². The molecule has 0 amide bonds. The van der Waals surface area contributed by atoms with E-state index < -0.39 is 0 Å². The van der Waals surface area contributed by atoms with Crippen LogP contribution in [0.5, 0.6) is 0 Å². The summed E-state index contributed by atoms with van der Waals surface area (Å²) in [5, 5.41) is 0. The van der Waals surface area contributed by atoms with Gasteiger partial charge in [-0.1, -0.05) is 18.2 Å². The minimum absolute atomic E-state index is 0.707. The van der Waals surface area contributed by atoms with Gasteiger partial charge in [0.2, 0.25) is 0 Å². The maximum absolute atomic E-state index is 5.66. The highest BCUT2D eigenvalue weighted by Crippen LogP contribution is 2.49. The molecule has 0 N–H and O–H groups in total. The molecule has 1 aliphatic heterocycles. The summed E-state index contributed by atoms with van der Waals surface area (Å²) in [5.74, 6) is 2.36. The van der Waals surface area contributed by atoms with Crippen LogP contribution in [0, 0.1) is 17.8 Å². The topological polar surface area (TPSA) is 9.23 Å². The first-order valence-electron chi connectivity index (χ1n) is 7.12. The van der Waals surface area contributed by atoms with E-state index in [0.29, 0.717) is 5.92 Å². The summed E-state index contributed by atoms with van der Waals surface area (Å²) in [4.78, 5) is 0. The van der Waals surface area contributed by atoms with Gasteiger partial charge in [0, 0.05) is 5.92 Å². The molecule has 2 fully saturated rings. The lowest BCUT2D eigenvalue weighted by atomic mass is 9.64. The molecule has 4 aliphatic rings. The molecular formula is C16H20O. The number of hydrogen-bond donors (Lipinski definition) is 0. The summed E-state index contributed by atoms with van der Waals surface area (Å²) in [6, 6.07) is 0. The van der Waals surface area contributed by atoms with Gasteiger partial charge in [-0.05, 0) is 60.7 Å². The maximum atomic E-state index is 5.66. The number of fused-ring (bicyclic) bond motifs is 5. The molecule has 3 unspecified atom stereocenters. The largest absolute Gasteiger partial charge is 0.376 e. The van der Waals surface area contributed by atoms with Gasteiger partial charge < -0.3 is 4.74 Å². The lowest BCUT2D eigenvalue weighted by molar-refractivity contribution is 0.171. The second-order valence-corrected chi connectivity index (χ2v) is 5.96. The zero-order valence-corrected chi connectivity index (χ0v) is 10.3. The molecule has 0 aromatic carbocycles. The second kappa shape index (κ2) is 3.84. The summed E-state index contributed by atoms with van der Waals surface area (Å²) >= 11 is 0. The van der Waals surface area contributed by atoms with Crippen LogP contribution >= 0.6 is 0 Å². The van der Waals surface area contributed by atoms with Crippen molar-refractivity contribution in [2.24, 2.45) is 17.8 Å². The van der Waals surface area contributed by atoms with Crippen molar-refractivity contribution in [3.63, 3.8) is 0 Å². The quantitative estimate of drug-likeness (QED) is 0.615. The van der Waals surface area contributed by atoms with E-state index in [9.17, 15) is 0 Å². The van der Waals surface area contributed by atoms with Gasteiger partial charge in [-0.25, -0.2) is 0 Å². The summed E-state index contributed by atoms with van der Waals surface area (Å²) in [6.07, 6.45) is 14.2. The summed E-state index contributed by atoms with van der Waals surface area (Å²) < 4.78 is 5.66. The van der Waals surface area contributed by atoms with Gasteiger partial charge in [0.05, 0.1) is 13.2 Å². The zero-order valence-electron chi connectivity index (χ0n) is 10.3. The predicted octanol–water partition coefficient (Wildman–Crippen LogP) is 3.64. The molecule has 0 spiro atoms. The summed E-state index contributed by atoms with van der Waals surface area (Å²) in [5.41, 5.74) is 4.92. The van der Waals surface area contributed by atoms with E-state index in [1.807, 2.05) is 0 Å². The van der Waals surface area contributed by atoms with Gasteiger partial charge in [0.25, 0.3) is 0 Å². The highest BCUT2D eigenvalue weighted by molar-refractivity contribution is 5.45. The second-order valence-electron chi connectivity index (χ2n) is 5.96. The zero-order chi connectivity index (χ0) is 11.2. The normalized spacial score (nSPS) is 39.5. The van der Waals surface area contributed by atoms with Crippen molar-refractivity contribution in [2.45, 2.75) is 32.1 Å². The molecule has 0 aromatic heterocycles. The van der Waals surface area contributed by atoms with Crippen LogP contribution in [-0.4, -0.2) is 13.2 Å². The smallest absolute Gasteiger partial charge is 0.0683 e.